The van der Waals surface area contributed by atoms with Gasteiger partial charge >= 0.3 is 0 Å². The van der Waals surface area contributed by atoms with E-state index in [0.29, 0.717) is 5.84 Å². The Morgan fingerprint density at radius 2 is 1.53 bits per heavy atom. The minimum Gasteiger partial charge on any atom is -0.259 e. The number of nitrogens with one attached hydrogen (secondary N) is 1. The van der Waals surface area contributed by atoms with Gasteiger partial charge in [-0.25, -0.2) is 15.0 Å². The third-order valence-electron chi connectivity index (χ3n) is 4.49. The van der Waals surface area contributed by atoms with Gasteiger partial charge in [-0.3, -0.25) is 5.43 Å². The van der Waals surface area contributed by atoms with E-state index in [0.717, 1.165) is 37.5 Å². The third kappa shape index (κ3) is 3.94. The summed E-state index contributed by atoms with van der Waals surface area (Å²) in [6.45, 7) is 0. The topological polar surface area (TPSA) is 62.5 Å². The number of amidine groups is 1. The number of hydrazone groups is 1. The van der Waals surface area contributed by atoms with E-state index in [-0.39, 0.29) is 0 Å². The van der Waals surface area contributed by atoms with Crippen molar-refractivity contribution in [3.63, 3.8) is 0 Å². The van der Waals surface area contributed by atoms with Crippen molar-refractivity contribution < 1.29 is 0 Å². The molecule has 0 saturated heterocycles. The lowest BCUT2D eigenvalue weighted by Gasteiger charge is -2.07. The molecule has 0 aliphatic rings. The number of pyridine rings is 1. The molecular formula is C24H17N5S. The zero-order valence-electron chi connectivity index (χ0n) is 15.9. The first kappa shape index (κ1) is 18.1. The molecule has 0 aliphatic heterocycles. The van der Waals surface area contributed by atoms with Gasteiger partial charge in [0.2, 0.25) is 0 Å². The van der Waals surface area contributed by atoms with E-state index < -0.39 is 0 Å². The van der Waals surface area contributed by atoms with Gasteiger partial charge < -0.3 is 0 Å². The van der Waals surface area contributed by atoms with Gasteiger partial charge in [-0.05, 0) is 36.4 Å². The van der Waals surface area contributed by atoms with Crippen LogP contribution in [0.1, 0.15) is 10.7 Å². The molecule has 0 unspecified atom stereocenters. The standard InChI is InChI=1S/C24H17N5S/c1-2-9-18(10-3-1)26-24(21-15-14-17-8-4-5-11-19(17)27-21)29-25-16-23-28-20-12-6-7-13-22(20)30-23/h1-16H,(H,26,29)/b25-16+. The maximum atomic E-state index is 4.75. The quantitative estimate of drug-likeness (QED) is 0.241. The van der Waals surface area contributed by atoms with E-state index in [1.807, 2.05) is 84.9 Å². The molecule has 6 heteroatoms. The summed E-state index contributed by atoms with van der Waals surface area (Å²) >= 11 is 1.59. The zero-order valence-corrected chi connectivity index (χ0v) is 16.8. The van der Waals surface area contributed by atoms with Crippen molar-refractivity contribution in [2.75, 3.05) is 0 Å². The van der Waals surface area contributed by atoms with Crippen LogP contribution in [0.25, 0.3) is 21.1 Å². The monoisotopic (exact) mass is 407 g/mol. The fraction of sp³-hybridized carbons (Fsp3) is 0. The number of hydrogen-bond acceptors (Lipinski definition) is 5. The minimum absolute atomic E-state index is 0.573. The van der Waals surface area contributed by atoms with Gasteiger partial charge in [-0.15, -0.1) is 11.3 Å². The average molecular weight is 408 g/mol. The predicted molar refractivity (Wildman–Crippen MR) is 125 cm³/mol. The van der Waals surface area contributed by atoms with Gasteiger partial charge in [-0.2, -0.15) is 5.10 Å². The van der Waals surface area contributed by atoms with Crippen LogP contribution in [0.3, 0.4) is 0 Å². The highest BCUT2D eigenvalue weighted by Gasteiger charge is 2.07. The number of thiazole rings is 1. The maximum absolute atomic E-state index is 4.75. The summed E-state index contributed by atoms with van der Waals surface area (Å²) in [5, 5.41) is 6.30. The number of benzene rings is 3. The van der Waals surface area contributed by atoms with Crippen LogP contribution in [0.5, 0.6) is 0 Å². The molecule has 30 heavy (non-hydrogen) atoms. The molecule has 5 nitrogen and oxygen atoms in total. The highest BCUT2D eigenvalue weighted by molar-refractivity contribution is 7.20. The SMILES string of the molecule is C(=N\NC(=Nc1ccccc1)c1ccc2ccccc2n1)/c1nc2ccccc2s1. The molecule has 5 aromatic rings. The molecule has 1 N–H and O–H groups in total. The van der Waals surface area contributed by atoms with Crippen LogP contribution in [0.2, 0.25) is 0 Å². The normalized spacial score (nSPS) is 12.1. The lowest BCUT2D eigenvalue weighted by Crippen LogP contribution is -2.20. The Morgan fingerprint density at radius 3 is 2.40 bits per heavy atom. The van der Waals surface area contributed by atoms with E-state index in [1.54, 1.807) is 17.6 Å². The lowest BCUT2D eigenvalue weighted by atomic mass is 10.2. The third-order valence-corrected chi connectivity index (χ3v) is 5.46. The number of fused-ring (bicyclic) bond motifs is 2. The minimum atomic E-state index is 0.573. The molecule has 0 aliphatic carbocycles. The summed E-state index contributed by atoms with van der Waals surface area (Å²) in [5.41, 5.74) is 6.49. The molecule has 0 saturated carbocycles. The van der Waals surface area contributed by atoms with Crippen molar-refractivity contribution >= 4 is 50.2 Å². The molecule has 0 spiro atoms. The Hall–Kier alpha value is -3.90. The average Bonchev–Trinajstić information content (AvgIpc) is 3.22. The van der Waals surface area contributed by atoms with Crippen molar-refractivity contribution in [3.05, 3.63) is 102 Å². The van der Waals surface area contributed by atoms with Crippen LogP contribution >= 0.6 is 11.3 Å². The molecule has 2 heterocycles. The maximum Gasteiger partial charge on any atom is 0.173 e. The smallest absolute Gasteiger partial charge is 0.173 e. The summed E-state index contributed by atoms with van der Waals surface area (Å²) in [4.78, 5) is 14.1. The van der Waals surface area contributed by atoms with Gasteiger partial charge in [0.1, 0.15) is 10.7 Å². The molecule has 0 radical (unpaired) electrons. The molecule has 3 aromatic carbocycles. The Morgan fingerprint density at radius 1 is 0.767 bits per heavy atom. The van der Waals surface area contributed by atoms with Gasteiger partial charge in [0.25, 0.3) is 0 Å². The highest BCUT2D eigenvalue weighted by Crippen LogP contribution is 2.20. The van der Waals surface area contributed by atoms with Crippen LogP contribution in [-0.4, -0.2) is 22.0 Å². The molecule has 144 valence electrons. The number of aromatic nitrogens is 2. The van der Waals surface area contributed by atoms with E-state index in [9.17, 15) is 0 Å². The van der Waals surface area contributed by atoms with Crippen LogP contribution in [0.4, 0.5) is 5.69 Å². The van der Waals surface area contributed by atoms with Crippen molar-refractivity contribution in [3.8, 4) is 0 Å². The Balaban J connectivity index is 1.48. The van der Waals surface area contributed by atoms with Gasteiger partial charge in [0.15, 0.2) is 5.84 Å². The first-order valence-electron chi connectivity index (χ1n) is 9.50. The zero-order chi connectivity index (χ0) is 20.2. The van der Waals surface area contributed by atoms with E-state index in [2.05, 4.69) is 21.6 Å². The van der Waals surface area contributed by atoms with Crippen molar-refractivity contribution in [2.45, 2.75) is 0 Å². The lowest BCUT2D eigenvalue weighted by molar-refractivity contribution is 1.02. The first-order valence-corrected chi connectivity index (χ1v) is 10.3. The number of aliphatic imine (C=N–C) groups is 1. The fourth-order valence-electron chi connectivity index (χ4n) is 3.06. The molecule has 5 rings (SSSR count). The van der Waals surface area contributed by atoms with Gasteiger partial charge in [-0.1, -0.05) is 54.6 Å². The van der Waals surface area contributed by atoms with E-state index in [1.165, 1.54) is 0 Å². The molecule has 0 bridgehead atoms. The molecule has 0 amide bonds. The highest BCUT2D eigenvalue weighted by atomic mass is 32.1. The van der Waals surface area contributed by atoms with Crippen molar-refractivity contribution in [1.82, 2.24) is 15.4 Å². The largest absolute Gasteiger partial charge is 0.259 e. The van der Waals surface area contributed by atoms with Crippen LogP contribution in [0.15, 0.2) is 101 Å². The van der Waals surface area contributed by atoms with Crippen LogP contribution in [0, 0.1) is 0 Å². The summed E-state index contributed by atoms with van der Waals surface area (Å²) in [5.74, 6) is 0.573. The fourth-order valence-corrected chi connectivity index (χ4v) is 3.90. The first-order chi connectivity index (χ1) is 14.8. The molecular weight excluding hydrogens is 390 g/mol. The van der Waals surface area contributed by atoms with Gasteiger partial charge in [0, 0.05) is 5.39 Å². The molecule has 2 aromatic heterocycles. The summed E-state index contributed by atoms with van der Waals surface area (Å²) in [6, 6.07) is 29.8. The predicted octanol–water partition coefficient (Wildman–Crippen LogP) is 5.55. The van der Waals surface area contributed by atoms with E-state index in [4.69, 9.17) is 9.98 Å². The second-order valence-electron chi connectivity index (χ2n) is 6.57. The Kier molecular flexibility index (Phi) is 4.98. The second kappa shape index (κ2) is 8.23. The van der Waals surface area contributed by atoms with E-state index >= 15 is 0 Å². The van der Waals surface area contributed by atoms with Crippen LogP contribution in [-0.2, 0) is 0 Å². The van der Waals surface area contributed by atoms with Crippen molar-refractivity contribution in [2.24, 2.45) is 10.1 Å². The molecule has 0 fully saturated rings. The number of rotatable bonds is 4. The summed E-state index contributed by atoms with van der Waals surface area (Å²) < 4.78 is 1.13. The number of nitrogens with zero attached hydrogens (tertiary/aromatic N) is 4. The summed E-state index contributed by atoms with van der Waals surface area (Å²) in [7, 11) is 0. The van der Waals surface area contributed by atoms with Crippen molar-refractivity contribution in [1.29, 1.82) is 0 Å². The number of hydrogen-bond donors (Lipinski definition) is 1. The molecule has 0 atom stereocenters. The van der Waals surface area contributed by atoms with Gasteiger partial charge in [0.05, 0.1) is 27.6 Å². The van der Waals surface area contributed by atoms with Crippen LogP contribution < -0.4 is 5.43 Å². The number of para-hydroxylation sites is 3. The second-order valence-corrected chi connectivity index (χ2v) is 7.64. The summed E-state index contributed by atoms with van der Waals surface area (Å²) in [6.07, 6.45) is 1.71. The Bertz CT molecular complexity index is 1340. The Labute approximate surface area is 177 Å².